The maximum Gasteiger partial charge on any atom is 0.232 e. The van der Waals surface area contributed by atoms with Crippen molar-refractivity contribution in [1.82, 2.24) is 5.32 Å². The van der Waals surface area contributed by atoms with E-state index in [0.29, 0.717) is 23.9 Å². The Morgan fingerprint density at radius 3 is 2.74 bits per heavy atom. The van der Waals surface area contributed by atoms with E-state index in [9.17, 15) is 8.42 Å². The van der Waals surface area contributed by atoms with Crippen molar-refractivity contribution in [2.45, 2.75) is 25.3 Å². The average Bonchev–Trinajstić information content (AvgIpc) is 3.19. The molecule has 6 heteroatoms. The van der Waals surface area contributed by atoms with Crippen LogP contribution in [0.15, 0.2) is 24.3 Å². The molecular weight excluding hydrogens is 264 g/mol. The van der Waals surface area contributed by atoms with Gasteiger partial charge in [-0.3, -0.25) is 4.72 Å². The zero-order chi connectivity index (χ0) is 13.7. The summed E-state index contributed by atoms with van der Waals surface area (Å²) < 4.78 is 31.5. The normalized spacial score (nSPS) is 15.2. The summed E-state index contributed by atoms with van der Waals surface area (Å²) in [6.07, 6.45) is 3.04. The first kappa shape index (κ1) is 14.1. The van der Waals surface area contributed by atoms with E-state index < -0.39 is 10.0 Å². The standard InChI is InChI=1S/C13H20N2O3S/c1-18-13-6-3-2-5-12(13)15-19(16,17)10-4-9-14-11-7-8-11/h2-3,5-6,11,14-15H,4,7-10H2,1H3. The molecule has 5 nitrogen and oxygen atoms in total. The molecule has 1 aliphatic carbocycles. The minimum absolute atomic E-state index is 0.116. The maximum atomic E-state index is 11.9. The highest BCUT2D eigenvalue weighted by atomic mass is 32.2. The van der Waals surface area contributed by atoms with Crippen LogP contribution in [0.2, 0.25) is 0 Å². The van der Waals surface area contributed by atoms with Gasteiger partial charge < -0.3 is 10.1 Å². The molecule has 0 unspecified atom stereocenters. The fourth-order valence-corrected chi connectivity index (χ4v) is 2.93. The van der Waals surface area contributed by atoms with Crippen molar-refractivity contribution in [2.75, 3.05) is 24.1 Å². The third-order valence-corrected chi connectivity index (χ3v) is 4.33. The summed E-state index contributed by atoms with van der Waals surface area (Å²) in [6.45, 7) is 0.748. The van der Waals surface area contributed by atoms with Gasteiger partial charge in [-0.05, 0) is 37.9 Å². The molecule has 0 spiro atoms. The SMILES string of the molecule is COc1ccccc1NS(=O)(=O)CCCNC1CC1. The molecule has 0 heterocycles. The number of benzene rings is 1. The van der Waals surface area contributed by atoms with Gasteiger partial charge in [0.2, 0.25) is 10.0 Å². The summed E-state index contributed by atoms with van der Waals surface area (Å²) in [5, 5.41) is 3.30. The topological polar surface area (TPSA) is 67.4 Å². The van der Waals surface area contributed by atoms with E-state index in [1.165, 1.54) is 20.0 Å². The van der Waals surface area contributed by atoms with Crippen molar-refractivity contribution >= 4 is 15.7 Å². The van der Waals surface area contributed by atoms with Crippen LogP contribution in [0.3, 0.4) is 0 Å². The predicted molar refractivity (Wildman–Crippen MR) is 76.0 cm³/mol. The van der Waals surface area contributed by atoms with E-state index in [4.69, 9.17) is 4.74 Å². The molecule has 19 heavy (non-hydrogen) atoms. The maximum absolute atomic E-state index is 11.9. The van der Waals surface area contributed by atoms with E-state index in [-0.39, 0.29) is 5.75 Å². The third kappa shape index (κ3) is 4.72. The number of hydrogen-bond acceptors (Lipinski definition) is 4. The van der Waals surface area contributed by atoms with E-state index >= 15 is 0 Å². The monoisotopic (exact) mass is 284 g/mol. The van der Waals surface area contributed by atoms with Crippen molar-refractivity contribution in [3.8, 4) is 5.75 Å². The van der Waals surface area contributed by atoms with E-state index in [1.54, 1.807) is 24.3 Å². The van der Waals surface area contributed by atoms with Gasteiger partial charge in [0.05, 0.1) is 18.6 Å². The number of anilines is 1. The highest BCUT2D eigenvalue weighted by Crippen LogP contribution is 2.24. The molecule has 0 bridgehead atoms. The summed E-state index contributed by atoms with van der Waals surface area (Å²) >= 11 is 0. The first-order chi connectivity index (χ1) is 9.11. The highest BCUT2D eigenvalue weighted by Gasteiger charge is 2.20. The highest BCUT2D eigenvalue weighted by molar-refractivity contribution is 7.92. The zero-order valence-electron chi connectivity index (χ0n) is 11.1. The fourth-order valence-electron chi connectivity index (χ4n) is 1.80. The van der Waals surface area contributed by atoms with Crippen LogP contribution in [-0.2, 0) is 10.0 Å². The third-order valence-electron chi connectivity index (χ3n) is 2.97. The second kappa shape index (κ2) is 6.25. The lowest BCUT2D eigenvalue weighted by Crippen LogP contribution is -2.23. The van der Waals surface area contributed by atoms with Crippen LogP contribution in [0, 0.1) is 0 Å². The second-order valence-corrected chi connectivity index (χ2v) is 6.55. The van der Waals surface area contributed by atoms with Crippen molar-refractivity contribution in [3.05, 3.63) is 24.3 Å². The Kier molecular flexibility index (Phi) is 4.66. The molecule has 0 radical (unpaired) electrons. The molecule has 1 saturated carbocycles. The van der Waals surface area contributed by atoms with Crippen molar-refractivity contribution < 1.29 is 13.2 Å². The number of para-hydroxylation sites is 2. The Morgan fingerprint density at radius 1 is 1.32 bits per heavy atom. The summed E-state index contributed by atoms with van der Waals surface area (Å²) in [5.74, 6) is 0.646. The van der Waals surface area contributed by atoms with Crippen molar-refractivity contribution in [1.29, 1.82) is 0 Å². The quantitative estimate of drug-likeness (QED) is 0.711. The van der Waals surface area contributed by atoms with E-state index in [0.717, 1.165) is 6.54 Å². The Labute approximate surface area is 114 Å². The first-order valence-electron chi connectivity index (χ1n) is 6.47. The molecule has 0 aromatic heterocycles. The molecule has 0 aliphatic heterocycles. The molecular formula is C13H20N2O3S. The lowest BCUT2D eigenvalue weighted by molar-refractivity contribution is 0.417. The van der Waals surface area contributed by atoms with E-state index in [2.05, 4.69) is 10.0 Å². The van der Waals surface area contributed by atoms with Crippen molar-refractivity contribution in [3.63, 3.8) is 0 Å². The van der Waals surface area contributed by atoms with Crippen molar-refractivity contribution in [2.24, 2.45) is 0 Å². The van der Waals surface area contributed by atoms with Gasteiger partial charge in [-0.25, -0.2) is 8.42 Å². The number of hydrogen-bond donors (Lipinski definition) is 2. The smallest absolute Gasteiger partial charge is 0.232 e. The summed E-state index contributed by atoms with van der Waals surface area (Å²) in [4.78, 5) is 0. The largest absolute Gasteiger partial charge is 0.495 e. The van der Waals surface area contributed by atoms with Gasteiger partial charge in [-0.2, -0.15) is 0 Å². The molecule has 1 aliphatic rings. The Bertz CT molecular complexity index is 512. The number of rotatable bonds is 8. The summed E-state index contributed by atoms with van der Waals surface area (Å²) in [6, 6.07) is 7.61. The molecule has 0 amide bonds. The molecule has 0 atom stereocenters. The molecule has 106 valence electrons. The number of sulfonamides is 1. The Morgan fingerprint density at radius 2 is 2.05 bits per heavy atom. The van der Waals surface area contributed by atoms with Crippen LogP contribution in [0.4, 0.5) is 5.69 Å². The summed E-state index contributed by atoms with van der Waals surface area (Å²) in [7, 11) is -1.79. The van der Waals surface area contributed by atoms with Gasteiger partial charge in [0.1, 0.15) is 5.75 Å². The van der Waals surface area contributed by atoms with E-state index in [1.807, 2.05) is 0 Å². The second-order valence-electron chi connectivity index (χ2n) is 4.70. The predicted octanol–water partition coefficient (Wildman–Crippen LogP) is 1.58. The van der Waals surface area contributed by atoms with Gasteiger partial charge in [-0.15, -0.1) is 0 Å². The van der Waals surface area contributed by atoms with Gasteiger partial charge in [0.25, 0.3) is 0 Å². The first-order valence-corrected chi connectivity index (χ1v) is 8.13. The fraction of sp³-hybridized carbons (Fsp3) is 0.538. The molecule has 2 N–H and O–H groups in total. The summed E-state index contributed by atoms with van der Waals surface area (Å²) in [5.41, 5.74) is 0.486. The van der Waals surface area contributed by atoms with Crippen LogP contribution in [-0.4, -0.2) is 33.9 Å². The number of ether oxygens (including phenoxy) is 1. The van der Waals surface area contributed by atoms with Crippen LogP contribution < -0.4 is 14.8 Å². The minimum Gasteiger partial charge on any atom is -0.495 e. The lowest BCUT2D eigenvalue weighted by Gasteiger charge is -2.11. The zero-order valence-corrected chi connectivity index (χ0v) is 11.9. The molecule has 0 saturated heterocycles. The minimum atomic E-state index is -3.31. The molecule has 2 rings (SSSR count). The van der Waals surface area contributed by atoms with Crippen LogP contribution in [0.1, 0.15) is 19.3 Å². The number of methoxy groups -OCH3 is 1. The molecule has 1 fully saturated rings. The van der Waals surface area contributed by atoms with Gasteiger partial charge in [-0.1, -0.05) is 12.1 Å². The number of nitrogens with one attached hydrogen (secondary N) is 2. The van der Waals surface area contributed by atoms with Crippen LogP contribution in [0.5, 0.6) is 5.75 Å². The van der Waals surface area contributed by atoms with Gasteiger partial charge in [0, 0.05) is 6.04 Å². The average molecular weight is 284 g/mol. The lowest BCUT2D eigenvalue weighted by atomic mass is 10.3. The Hall–Kier alpha value is -1.27. The van der Waals surface area contributed by atoms with Gasteiger partial charge in [0.15, 0.2) is 0 Å². The Balaban J connectivity index is 1.84. The van der Waals surface area contributed by atoms with Crippen LogP contribution >= 0.6 is 0 Å². The molecule has 1 aromatic rings. The molecule has 1 aromatic carbocycles. The van der Waals surface area contributed by atoms with Crippen LogP contribution in [0.25, 0.3) is 0 Å². The van der Waals surface area contributed by atoms with Gasteiger partial charge >= 0.3 is 0 Å².